The van der Waals surface area contributed by atoms with Gasteiger partial charge in [-0.3, -0.25) is 4.90 Å². The number of aromatic hydroxyl groups is 1. The predicted molar refractivity (Wildman–Crippen MR) is 111 cm³/mol. The second kappa shape index (κ2) is 8.75. The van der Waals surface area contributed by atoms with Gasteiger partial charge in [-0.15, -0.1) is 0 Å². The normalized spacial score (nSPS) is 27.5. The van der Waals surface area contributed by atoms with E-state index in [0.717, 1.165) is 76.6 Å². The van der Waals surface area contributed by atoms with Crippen LogP contribution in [0.4, 0.5) is 0 Å². The summed E-state index contributed by atoms with van der Waals surface area (Å²) in [5.74, 6) is -0.614. The van der Waals surface area contributed by atoms with E-state index in [2.05, 4.69) is 17.0 Å². The summed E-state index contributed by atoms with van der Waals surface area (Å²) in [6.07, 6.45) is 12.3. The van der Waals surface area contributed by atoms with Crippen molar-refractivity contribution in [2.45, 2.75) is 101 Å². The lowest BCUT2D eigenvalue weighted by atomic mass is 9.80. The summed E-state index contributed by atoms with van der Waals surface area (Å²) in [5, 5.41) is 10.4. The van der Waals surface area contributed by atoms with Crippen molar-refractivity contribution >= 4 is 0 Å². The monoisotopic (exact) mass is 417 g/mol. The SMILES string of the molecule is Oc1ccc(C2CCC3(CC2)OOC2(CCCCC2)OO3)cc1CN1CCCCC1. The smallest absolute Gasteiger partial charge is 0.234 e. The van der Waals surface area contributed by atoms with Crippen molar-refractivity contribution < 1.29 is 24.7 Å². The van der Waals surface area contributed by atoms with Crippen LogP contribution in [0.2, 0.25) is 0 Å². The summed E-state index contributed by atoms with van der Waals surface area (Å²) in [6, 6.07) is 6.15. The van der Waals surface area contributed by atoms with Crippen LogP contribution in [0.15, 0.2) is 18.2 Å². The maximum Gasteiger partial charge on any atom is 0.234 e. The largest absolute Gasteiger partial charge is 0.508 e. The quantitative estimate of drug-likeness (QED) is 0.673. The Hall–Kier alpha value is -1.18. The van der Waals surface area contributed by atoms with Crippen LogP contribution < -0.4 is 0 Å². The van der Waals surface area contributed by atoms with Crippen LogP contribution in [0.5, 0.6) is 5.75 Å². The van der Waals surface area contributed by atoms with Crippen molar-refractivity contribution in [1.82, 2.24) is 4.90 Å². The van der Waals surface area contributed by atoms with E-state index in [0.29, 0.717) is 11.7 Å². The van der Waals surface area contributed by atoms with Crippen LogP contribution in [0.3, 0.4) is 0 Å². The van der Waals surface area contributed by atoms with Crippen LogP contribution in [-0.4, -0.2) is 34.7 Å². The van der Waals surface area contributed by atoms with Gasteiger partial charge >= 0.3 is 0 Å². The third-order valence-electron chi connectivity index (χ3n) is 7.47. The molecule has 2 saturated carbocycles. The van der Waals surface area contributed by atoms with E-state index in [1.165, 1.54) is 31.2 Å². The summed E-state index contributed by atoms with van der Waals surface area (Å²) < 4.78 is 0. The number of phenolic OH excluding ortho intramolecular Hbond substituents is 1. The number of benzene rings is 1. The van der Waals surface area contributed by atoms with Crippen molar-refractivity contribution in [2.24, 2.45) is 0 Å². The number of rotatable bonds is 3. The molecule has 2 saturated heterocycles. The van der Waals surface area contributed by atoms with E-state index in [4.69, 9.17) is 19.6 Å². The third kappa shape index (κ3) is 4.39. The first-order valence-corrected chi connectivity index (χ1v) is 11.9. The fourth-order valence-corrected chi connectivity index (χ4v) is 5.49. The second-order valence-electron chi connectivity index (χ2n) is 9.71. The van der Waals surface area contributed by atoms with E-state index >= 15 is 0 Å². The average Bonchev–Trinajstić information content (AvgIpc) is 2.80. The van der Waals surface area contributed by atoms with Gasteiger partial charge in [-0.05, 0) is 69.2 Å². The molecule has 1 N–H and O–H groups in total. The fourth-order valence-electron chi connectivity index (χ4n) is 5.49. The summed E-state index contributed by atoms with van der Waals surface area (Å²) in [4.78, 5) is 25.7. The van der Waals surface area contributed by atoms with E-state index < -0.39 is 11.6 Å². The minimum Gasteiger partial charge on any atom is -0.508 e. The first-order chi connectivity index (χ1) is 14.7. The van der Waals surface area contributed by atoms with Gasteiger partial charge in [0.05, 0.1) is 0 Å². The maximum absolute atomic E-state index is 10.4. The van der Waals surface area contributed by atoms with Crippen molar-refractivity contribution in [2.75, 3.05) is 13.1 Å². The van der Waals surface area contributed by atoms with Crippen molar-refractivity contribution in [3.05, 3.63) is 29.3 Å². The minimum atomic E-state index is -0.771. The molecule has 0 bridgehead atoms. The van der Waals surface area contributed by atoms with Gasteiger partial charge < -0.3 is 5.11 Å². The Bertz CT molecular complexity index is 706. The zero-order chi connectivity index (χ0) is 20.4. The molecular weight excluding hydrogens is 382 g/mol. The molecule has 4 fully saturated rings. The predicted octanol–water partition coefficient (Wildman–Crippen LogP) is 5.30. The Kier molecular flexibility index (Phi) is 6.04. The zero-order valence-electron chi connectivity index (χ0n) is 17.9. The highest BCUT2D eigenvalue weighted by Gasteiger charge is 2.50. The molecule has 1 aromatic carbocycles. The van der Waals surface area contributed by atoms with E-state index in [1.54, 1.807) is 0 Å². The van der Waals surface area contributed by atoms with Crippen LogP contribution in [0, 0.1) is 0 Å². The number of likely N-dealkylation sites (tertiary alicyclic amines) is 1. The van der Waals surface area contributed by atoms with E-state index in [1.807, 2.05) is 6.07 Å². The lowest BCUT2D eigenvalue weighted by Crippen LogP contribution is -2.52. The van der Waals surface area contributed by atoms with Gasteiger partial charge in [-0.2, -0.15) is 19.6 Å². The summed E-state index contributed by atoms with van der Waals surface area (Å²) in [5.41, 5.74) is 2.35. The van der Waals surface area contributed by atoms with Gasteiger partial charge in [0, 0.05) is 37.8 Å². The molecule has 2 heterocycles. The molecule has 0 radical (unpaired) electrons. The first-order valence-electron chi connectivity index (χ1n) is 11.9. The van der Waals surface area contributed by atoms with Crippen molar-refractivity contribution in [3.8, 4) is 5.75 Å². The molecule has 4 aliphatic rings. The summed E-state index contributed by atoms with van der Waals surface area (Å²) in [7, 11) is 0. The van der Waals surface area contributed by atoms with Crippen molar-refractivity contribution in [3.63, 3.8) is 0 Å². The molecule has 30 heavy (non-hydrogen) atoms. The highest BCUT2D eigenvalue weighted by atomic mass is 17.4. The molecule has 0 amide bonds. The first kappa shape index (κ1) is 20.7. The van der Waals surface area contributed by atoms with Crippen LogP contribution >= 0.6 is 0 Å². The highest BCUT2D eigenvalue weighted by Crippen LogP contribution is 2.47. The van der Waals surface area contributed by atoms with Gasteiger partial charge in [0.1, 0.15) is 5.75 Å². The Labute approximate surface area is 179 Å². The number of hydrogen-bond donors (Lipinski definition) is 1. The molecule has 1 aromatic rings. The fraction of sp³-hybridized carbons (Fsp3) is 0.750. The van der Waals surface area contributed by atoms with Gasteiger partial charge in [0.25, 0.3) is 0 Å². The van der Waals surface area contributed by atoms with Gasteiger partial charge in [0.15, 0.2) is 0 Å². The van der Waals surface area contributed by atoms with Crippen molar-refractivity contribution in [1.29, 1.82) is 0 Å². The molecular formula is C24H35NO5. The molecule has 2 spiro atoms. The molecule has 0 aromatic heterocycles. The Morgan fingerprint density at radius 1 is 0.800 bits per heavy atom. The molecule has 2 aliphatic carbocycles. The molecule has 166 valence electrons. The summed E-state index contributed by atoms with van der Waals surface area (Å²) >= 11 is 0. The second-order valence-corrected chi connectivity index (χ2v) is 9.71. The zero-order valence-corrected chi connectivity index (χ0v) is 17.9. The Morgan fingerprint density at radius 3 is 2.07 bits per heavy atom. The van der Waals surface area contributed by atoms with Crippen LogP contribution in [0.1, 0.15) is 94.1 Å². The highest BCUT2D eigenvalue weighted by molar-refractivity contribution is 5.38. The maximum atomic E-state index is 10.4. The summed E-state index contributed by atoms with van der Waals surface area (Å²) in [6.45, 7) is 3.10. The van der Waals surface area contributed by atoms with E-state index in [9.17, 15) is 5.11 Å². The molecule has 0 atom stereocenters. The Balaban J connectivity index is 1.19. The van der Waals surface area contributed by atoms with Gasteiger partial charge in [-0.1, -0.05) is 25.0 Å². The Morgan fingerprint density at radius 2 is 1.40 bits per heavy atom. The number of nitrogens with zero attached hydrogens (tertiary/aromatic N) is 1. The lowest BCUT2D eigenvalue weighted by molar-refractivity contribution is -0.662. The molecule has 5 rings (SSSR count). The van der Waals surface area contributed by atoms with Crippen LogP contribution in [-0.2, 0) is 26.1 Å². The number of hydrogen-bond acceptors (Lipinski definition) is 6. The molecule has 0 unspecified atom stereocenters. The van der Waals surface area contributed by atoms with Crippen LogP contribution in [0.25, 0.3) is 0 Å². The van der Waals surface area contributed by atoms with Gasteiger partial charge in [0.2, 0.25) is 11.6 Å². The standard InChI is InChI=1S/C24H35NO5/c26-22-8-7-20(17-21(22)18-25-15-5-2-6-16-25)19-9-13-24(14-10-19)29-27-23(28-30-24)11-3-1-4-12-23/h7-8,17,19,26H,1-6,9-16,18H2. The topological polar surface area (TPSA) is 60.4 Å². The minimum absolute atomic E-state index is 0.412. The number of piperidine rings is 1. The van der Waals surface area contributed by atoms with Gasteiger partial charge in [-0.25, -0.2) is 0 Å². The molecule has 6 heteroatoms. The lowest BCUT2D eigenvalue weighted by Gasteiger charge is -2.46. The third-order valence-corrected chi connectivity index (χ3v) is 7.47. The van der Waals surface area contributed by atoms with E-state index in [-0.39, 0.29) is 0 Å². The average molecular weight is 418 g/mol. The number of phenols is 1. The molecule has 2 aliphatic heterocycles. The molecule has 6 nitrogen and oxygen atoms in total.